The number of ether oxygens (including phenoxy) is 1. The molecule has 0 saturated heterocycles. The van der Waals surface area contributed by atoms with Crippen LogP contribution in [0, 0.1) is 5.82 Å². The maximum atomic E-state index is 13.0. The van der Waals surface area contributed by atoms with Crippen molar-refractivity contribution in [3.05, 3.63) is 53.5 Å². The highest BCUT2D eigenvalue weighted by Crippen LogP contribution is 2.29. The SMILES string of the molecule is COC(=O)c1coc(CN(C(=O)c2ccc(F)cc2)C2CC2)n1. The van der Waals surface area contributed by atoms with E-state index in [4.69, 9.17) is 4.42 Å². The molecular formula is C16H15FN2O4. The van der Waals surface area contributed by atoms with E-state index in [9.17, 15) is 14.0 Å². The molecular weight excluding hydrogens is 303 g/mol. The predicted octanol–water partition coefficient (Wildman–Crippen LogP) is 2.41. The first kappa shape index (κ1) is 15.2. The van der Waals surface area contributed by atoms with Gasteiger partial charge in [0.1, 0.15) is 12.1 Å². The lowest BCUT2D eigenvalue weighted by Crippen LogP contribution is -2.32. The zero-order valence-corrected chi connectivity index (χ0v) is 12.5. The fourth-order valence-corrected chi connectivity index (χ4v) is 2.24. The fraction of sp³-hybridized carbons (Fsp3) is 0.312. The van der Waals surface area contributed by atoms with Crippen LogP contribution in [0.25, 0.3) is 0 Å². The van der Waals surface area contributed by atoms with Crippen molar-refractivity contribution >= 4 is 11.9 Å². The molecule has 1 aliphatic carbocycles. The number of carbonyl (C=O) groups excluding carboxylic acids is 2. The van der Waals surface area contributed by atoms with Gasteiger partial charge in [-0.2, -0.15) is 0 Å². The van der Waals surface area contributed by atoms with Gasteiger partial charge in [-0.05, 0) is 37.1 Å². The summed E-state index contributed by atoms with van der Waals surface area (Å²) >= 11 is 0. The molecule has 1 aromatic carbocycles. The van der Waals surface area contributed by atoms with Gasteiger partial charge in [-0.15, -0.1) is 0 Å². The second kappa shape index (κ2) is 6.20. The van der Waals surface area contributed by atoms with E-state index in [2.05, 4.69) is 9.72 Å². The molecule has 1 aliphatic rings. The van der Waals surface area contributed by atoms with Crippen LogP contribution < -0.4 is 0 Å². The number of carbonyl (C=O) groups is 2. The molecule has 7 heteroatoms. The fourth-order valence-electron chi connectivity index (χ4n) is 2.24. The van der Waals surface area contributed by atoms with E-state index in [1.54, 1.807) is 4.90 Å². The minimum absolute atomic E-state index is 0.0625. The van der Waals surface area contributed by atoms with Crippen LogP contribution in [0.2, 0.25) is 0 Å². The normalized spacial score (nSPS) is 13.7. The van der Waals surface area contributed by atoms with Crippen LogP contribution in [0.4, 0.5) is 4.39 Å². The maximum Gasteiger partial charge on any atom is 0.360 e. The Morgan fingerprint density at radius 3 is 2.65 bits per heavy atom. The van der Waals surface area contributed by atoms with E-state index in [-0.39, 0.29) is 30.1 Å². The van der Waals surface area contributed by atoms with Gasteiger partial charge in [-0.1, -0.05) is 0 Å². The molecule has 0 aliphatic heterocycles. The number of benzene rings is 1. The van der Waals surface area contributed by atoms with Crippen LogP contribution >= 0.6 is 0 Å². The Hall–Kier alpha value is -2.70. The van der Waals surface area contributed by atoms with Crippen molar-refractivity contribution in [3.8, 4) is 0 Å². The minimum atomic E-state index is -0.595. The van der Waals surface area contributed by atoms with Gasteiger partial charge >= 0.3 is 5.97 Å². The Kier molecular flexibility index (Phi) is 4.10. The number of aromatic nitrogens is 1. The summed E-state index contributed by atoms with van der Waals surface area (Å²) in [4.78, 5) is 29.6. The maximum absolute atomic E-state index is 13.0. The molecule has 3 rings (SSSR count). The zero-order chi connectivity index (χ0) is 16.4. The smallest absolute Gasteiger partial charge is 0.360 e. The van der Waals surface area contributed by atoms with Crippen molar-refractivity contribution < 1.29 is 23.1 Å². The van der Waals surface area contributed by atoms with Crippen molar-refractivity contribution in [2.45, 2.75) is 25.4 Å². The lowest BCUT2D eigenvalue weighted by atomic mass is 10.2. The molecule has 0 spiro atoms. The first-order chi connectivity index (χ1) is 11.1. The molecule has 0 bridgehead atoms. The van der Waals surface area contributed by atoms with Crippen LogP contribution in [-0.2, 0) is 11.3 Å². The summed E-state index contributed by atoms with van der Waals surface area (Å²) in [6, 6.07) is 5.50. The third-order valence-electron chi connectivity index (χ3n) is 3.59. The number of nitrogens with zero attached hydrogens (tertiary/aromatic N) is 2. The summed E-state index contributed by atoms with van der Waals surface area (Å²) in [5, 5.41) is 0. The molecule has 1 saturated carbocycles. The van der Waals surface area contributed by atoms with Crippen LogP contribution in [0.15, 0.2) is 34.9 Å². The number of esters is 1. The van der Waals surface area contributed by atoms with Crippen LogP contribution in [0.5, 0.6) is 0 Å². The largest absolute Gasteiger partial charge is 0.464 e. The van der Waals surface area contributed by atoms with Crippen molar-refractivity contribution in [1.29, 1.82) is 0 Å². The quantitative estimate of drug-likeness (QED) is 0.792. The van der Waals surface area contributed by atoms with Gasteiger partial charge in [0, 0.05) is 11.6 Å². The van der Waals surface area contributed by atoms with Gasteiger partial charge in [-0.3, -0.25) is 4.79 Å². The third-order valence-corrected chi connectivity index (χ3v) is 3.59. The number of oxazole rings is 1. The minimum Gasteiger partial charge on any atom is -0.464 e. The molecule has 6 nitrogen and oxygen atoms in total. The van der Waals surface area contributed by atoms with Crippen molar-refractivity contribution in [1.82, 2.24) is 9.88 Å². The molecule has 120 valence electrons. The molecule has 0 atom stereocenters. The van der Waals surface area contributed by atoms with Crippen molar-refractivity contribution in [2.24, 2.45) is 0 Å². The molecule has 2 aromatic rings. The number of hydrogen-bond donors (Lipinski definition) is 0. The summed E-state index contributed by atoms with van der Waals surface area (Å²) in [5.74, 6) is -0.948. The number of methoxy groups -OCH3 is 1. The number of halogens is 1. The predicted molar refractivity (Wildman–Crippen MR) is 77.1 cm³/mol. The zero-order valence-electron chi connectivity index (χ0n) is 12.5. The van der Waals surface area contributed by atoms with E-state index in [1.807, 2.05) is 0 Å². The summed E-state index contributed by atoms with van der Waals surface area (Å²) in [6.07, 6.45) is 3.00. The topological polar surface area (TPSA) is 72.6 Å². The summed E-state index contributed by atoms with van der Waals surface area (Å²) in [6.45, 7) is 0.151. The monoisotopic (exact) mass is 318 g/mol. The number of rotatable bonds is 5. The van der Waals surface area contributed by atoms with Gasteiger partial charge in [0.15, 0.2) is 5.69 Å². The first-order valence-electron chi connectivity index (χ1n) is 7.17. The Morgan fingerprint density at radius 2 is 2.04 bits per heavy atom. The highest BCUT2D eigenvalue weighted by atomic mass is 19.1. The van der Waals surface area contributed by atoms with Gasteiger partial charge in [0.05, 0.1) is 13.7 Å². The van der Waals surface area contributed by atoms with Gasteiger partial charge < -0.3 is 14.1 Å². The average molecular weight is 318 g/mol. The molecule has 0 radical (unpaired) electrons. The molecule has 1 amide bonds. The van der Waals surface area contributed by atoms with E-state index < -0.39 is 11.8 Å². The van der Waals surface area contributed by atoms with E-state index in [0.717, 1.165) is 12.8 Å². The second-order valence-electron chi connectivity index (χ2n) is 5.29. The Morgan fingerprint density at radius 1 is 1.35 bits per heavy atom. The lowest BCUT2D eigenvalue weighted by Gasteiger charge is -2.20. The van der Waals surface area contributed by atoms with Crippen LogP contribution in [0.3, 0.4) is 0 Å². The van der Waals surface area contributed by atoms with Crippen LogP contribution in [-0.4, -0.2) is 34.9 Å². The average Bonchev–Trinajstić information content (AvgIpc) is 3.30. The molecule has 0 N–H and O–H groups in total. The lowest BCUT2D eigenvalue weighted by molar-refractivity contribution is 0.0594. The molecule has 1 fully saturated rings. The summed E-state index contributed by atoms with van der Waals surface area (Å²) in [7, 11) is 1.26. The summed E-state index contributed by atoms with van der Waals surface area (Å²) in [5.41, 5.74) is 0.463. The highest BCUT2D eigenvalue weighted by molar-refractivity contribution is 5.94. The van der Waals surface area contributed by atoms with Crippen LogP contribution in [0.1, 0.15) is 39.6 Å². The second-order valence-corrected chi connectivity index (χ2v) is 5.29. The van der Waals surface area contributed by atoms with Crippen molar-refractivity contribution in [3.63, 3.8) is 0 Å². The van der Waals surface area contributed by atoms with Gasteiger partial charge in [-0.25, -0.2) is 14.2 Å². The first-order valence-corrected chi connectivity index (χ1v) is 7.17. The van der Waals surface area contributed by atoms with E-state index >= 15 is 0 Å². The van der Waals surface area contributed by atoms with E-state index in [1.165, 1.54) is 37.6 Å². The molecule has 0 unspecified atom stereocenters. The van der Waals surface area contributed by atoms with Gasteiger partial charge in [0.25, 0.3) is 5.91 Å². The Labute approximate surface area is 131 Å². The van der Waals surface area contributed by atoms with Crippen molar-refractivity contribution in [2.75, 3.05) is 7.11 Å². The number of hydrogen-bond acceptors (Lipinski definition) is 5. The Balaban J connectivity index is 1.77. The standard InChI is InChI=1S/C16H15FN2O4/c1-22-16(21)13-9-23-14(18-13)8-19(12-6-7-12)15(20)10-2-4-11(17)5-3-10/h2-5,9,12H,6-8H2,1H3. The van der Waals surface area contributed by atoms with E-state index in [0.29, 0.717) is 5.56 Å². The summed E-state index contributed by atoms with van der Waals surface area (Å²) < 4.78 is 22.8. The van der Waals surface area contributed by atoms with Gasteiger partial charge in [0.2, 0.25) is 5.89 Å². The molecule has 23 heavy (non-hydrogen) atoms. The third kappa shape index (κ3) is 3.39. The Bertz CT molecular complexity index is 722. The molecule has 1 heterocycles. The molecule has 1 aromatic heterocycles. The number of amides is 1. The highest BCUT2D eigenvalue weighted by Gasteiger charge is 2.34.